The van der Waals surface area contributed by atoms with E-state index in [2.05, 4.69) is 5.32 Å². The maximum Gasteiger partial charge on any atom is 0.245 e. The van der Waals surface area contributed by atoms with Gasteiger partial charge in [0.25, 0.3) is 0 Å². The molecule has 5 heteroatoms. The average molecular weight is 267 g/mol. The van der Waals surface area contributed by atoms with Crippen LogP contribution in [0.3, 0.4) is 0 Å². The van der Waals surface area contributed by atoms with Crippen molar-refractivity contribution in [2.45, 2.75) is 51.1 Å². The topological polar surface area (TPSA) is 52.7 Å². The van der Waals surface area contributed by atoms with Gasteiger partial charge in [0.1, 0.15) is 6.04 Å². The van der Waals surface area contributed by atoms with Crippen LogP contribution >= 0.6 is 0 Å². The first-order chi connectivity index (χ1) is 9.17. The third-order valence-electron chi connectivity index (χ3n) is 4.30. The third kappa shape index (κ3) is 3.08. The number of amides is 2. The van der Waals surface area contributed by atoms with E-state index in [4.69, 9.17) is 0 Å². The van der Waals surface area contributed by atoms with Gasteiger partial charge in [0.2, 0.25) is 11.8 Å². The highest BCUT2D eigenvalue weighted by atomic mass is 16.2. The fraction of sp³-hybridized carbons (Fsp3) is 0.857. The van der Waals surface area contributed by atoms with Crippen LogP contribution in [0.1, 0.15) is 39.0 Å². The van der Waals surface area contributed by atoms with E-state index >= 15 is 0 Å². The Bertz CT molecular complexity index is 346. The molecular formula is C14H25N3O2. The van der Waals surface area contributed by atoms with Crippen molar-refractivity contribution in [3.8, 4) is 0 Å². The van der Waals surface area contributed by atoms with Crippen LogP contribution in [0.25, 0.3) is 0 Å². The quantitative estimate of drug-likeness (QED) is 0.811. The predicted octanol–water partition coefficient (Wildman–Crippen LogP) is 0.598. The second kappa shape index (κ2) is 6.37. The minimum absolute atomic E-state index is 0.137. The van der Waals surface area contributed by atoms with E-state index in [-0.39, 0.29) is 17.9 Å². The highest BCUT2D eigenvalue weighted by Gasteiger charge is 2.35. The zero-order chi connectivity index (χ0) is 13.8. The molecule has 2 amide bonds. The molecule has 0 aromatic carbocycles. The average Bonchev–Trinajstić information content (AvgIpc) is 2.86. The van der Waals surface area contributed by atoms with Crippen LogP contribution in [0.15, 0.2) is 0 Å². The molecule has 5 nitrogen and oxygen atoms in total. The summed E-state index contributed by atoms with van der Waals surface area (Å²) in [5, 5.41) is 3.25. The fourth-order valence-corrected chi connectivity index (χ4v) is 3.15. The molecule has 0 bridgehead atoms. The standard InChI is InChI=1S/C14H25N3O2/c1-3-12(17-9-5-7-13(17)18)14(19)16-8-4-6-11(10-16)15-2/h11-12,15H,3-10H2,1-2H3. The van der Waals surface area contributed by atoms with Gasteiger partial charge < -0.3 is 15.1 Å². The molecule has 108 valence electrons. The summed E-state index contributed by atoms with van der Waals surface area (Å²) >= 11 is 0. The number of hydrogen-bond donors (Lipinski definition) is 1. The Kier molecular flexibility index (Phi) is 4.80. The van der Waals surface area contributed by atoms with E-state index in [1.54, 1.807) is 4.90 Å². The van der Waals surface area contributed by atoms with Crippen LogP contribution in [0, 0.1) is 0 Å². The molecule has 2 heterocycles. The van der Waals surface area contributed by atoms with E-state index in [0.29, 0.717) is 18.9 Å². The molecule has 2 aliphatic rings. The molecule has 2 fully saturated rings. The zero-order valence-electron chi connectivity index (χ0n) is 12.0. The van der Waals surface area contributed by atoms with Gasteiger partial charge in [-0.2, -0.15) is 0 Å². The highest BCUT2D eigenvalue weighted by Crippen LogP contribution is 2.19. The number of carbonyl (C=O) groups excluding carboxylic acids is 2. The van der Waals surface area contributed by atoms with Crippen molar-refractivity contribution in [2.24, 2.45) is 0 Å². The molecule has 2 unspecified atom stereocenters. The van der Waals surface area contributed by atoms with E-state index in [9.17, 15) is 9.59 Å². The largest absolute Gasteiger partial charge is 0.339 e. The van der Waals surface area contributed by atoms with Crippen molar-refractivity contribution in [2.75, 3.05) is 26.7 Å². The Morgan fingerprint density at radius 3 is 2.79 bits per heavy atom. The lowest BCUT2D eigenvalue weighted by molar-refractivity contribution is -0.144. The first-order valence-electron chi connectivity index (χ1n) is 7.43. The van der Waals surface area contributed by atoms with E-state index in [0.717, 1.165) is 38.9 Å². The van der Waals surface area contributed by atoms with Gasteiger partial charge in [0, 0.05) is 32.1 Å². The second-order valence-corrected chi connectivity index (χ2v) is 5.53. The SMILES string of the molecule is CCC(C(=O)N1CCCC(NC)C1)N1CCCC1=O. The summed E-state index contributed by atoms with van der Waals surface area (Å²) in [6, 6.07) is 0.148. The first kappa shape index (κ1) is 14.3. The summed E-state index contributed by atoms with van der Waals surface area (Å²) in [5.41, 5.74) is 0. The molecule has 0 spiro atoms. The molecule has 0 radical (unpaired) electrons. The lowest BCUT2D eigenvalue weighted by Crippen LogP contribution is -2.54. The monoisotopic (exact) mass is 267 g/mol. The number of carbonyl (C=O) groups is 2. The lowest BCUT2D eigenvalue weighted by Gasteiger charge is -2.37. The maximum absolute atomic E-state index is 12.6. The molecule has 0 saturated carbocycles. The number of nitrogens with one attached hydrogen (secondary N) is 1. The highest BCUT2D eigenvalue weighted by molar-refractivity contribution is 5.88. The first-order valence-corrected chi connectivity index (χ1v) is 7.43. The van der Waals surface area contributed by atoms with Crippen molar-refractivity contribution in [1.29, 1.82) is 0 Å². The summed E-state index contributed by atoms with van der Waals surface area (Å²) in [6.45, 7) is 4.34. The maximum atomic E-state index is 12.6. The summed E-state index contributed by atoms with van der Waals surface area (Å²) in [4.78, 5) is 28.2. The normalized spacial score (nSPS) is 25.8. The van der Waals surface area contributed by atoms with Crippen molar-refractivity contribution in [3.05, 3.63) is 0 Å². The summed E-state index contributed by atoms with van der Waals surface area (Å²) in [7, 11) is 1.94. The molecule has 2 atom stereocenters. The van der Waals surface area contributed by atoms with Crippen molar-refractivity contribution < 1.29 is 9.59 Å². The summed E-state index contributed by atoms with van der Waals surface area (Å²) in [6.07, 6.45) is 4.37. The molecule has 0 aliphatic carbocycles. The molecule has 19 heavy (non-hydrogen) atoms. The molecule has 2 rings (SSSR count). The molecule has 0 aromatic rings. The number of rotatable bonds is 4. The van der Waals surface area contributed by atoms with Gasteiger partial charge in [0.15, 0.2) is 0 Å². The van der Waals surface area contributed by atoms with Crippen LogP contribution in [-0.2, 0) is 9.59 Å². The minimum atomic E-state index is -0.245. The van der Waals surface area contributed by atoms with Gasteiger partial charge in [-0.1, -0.05) is 6.92 Å². The number of piperidine rings is 1. The molecular weight excluding hydrogens is 242 g/mol. The van der Waals surface area contributed by atoms with Gasteiger partial charge in [0.05, 0.1) is 0 Å². The lowest BCUT2D eigenvalue weighted by atomic mass is 10.0. The second-order valence-electron chi connectivity index (χ2n) is 5.53. The van der Waals surface area contributed by atoms with Gasteiger partial charge in [-0.05, 0) is 32.7 Å². The van der Waals surface area contributed by atoms with Crippen LogP contribution < -0.4 is 5.32 Å². The zero-order valence-corrected chi connectivity index (χ0v) is 12.0. The van der Waals surface area contributed by atoms with Crippen molar-refractivity contribution in [1.82, 2.24) is 15.1 Å². The number of nitrogens with zero attached hydrogens (tertiary/aromatic N) is 2. The van der Waals surface area contributed by atoms with Crippen molar-refractivity contribution >= 4 is 11.8 Å². The Morgan fingerprint density at radius 1 is 1.42 bits per heavy atom. The summed E-state index contributed by atoms with van der Waals surface area (Å²) in [5.74, 6) is 0.278. The Morgan fingerprint density at radius 2 is 2.21 bits per heavy atom. The fourth-order valence-electron chi connectivity index (χ4n) is 3.15. The third-order valence-corrected chi connectivity index (χ3v) is 4.30. The van der Waals surface area contributed by atoms with Gasteiger partial charge in [-0.3, -0.25) is 9.59 Å². The molecule has 1 N–H and O–H groups in total. The smallest absolute Gasteiger partial charge is 0.245 e. The van der Waals surface area contributed by atoms with Crippen LogP contribution in [0.2, 0.25) is 0 Å². The van der Waals surface area contributed by atoms with Crippen LogP contribution in [0.4, 0.5) is 0 Å². The predicted molar refractivity (Wildman–Crippen MR) is 73.7 cm³/mol. The van der Waals surface area contributed by atoms with Crippen LogP contribution in [-0.4, -0.2) is 60.4 Å². The Balaban J connectivity index is 2.01. The number of likely N-dealkylation sites (tertiary alicyclic amines) is 2. The van der Waals surface area contributed by atoms with E-state index in [1.165, 1.54) is 0 Å². The Hall–Kier alpha value is -1.10. The van der Waals surface area contributed by atoms with E-state index in [1.807, 2.05) is 18.9 Å². The van der Waals surface area contributed by atoms with Gasteiger partial charge >= 0.3 is 0 Å². The molecule has 0 aromatic heterocycles. The van der Waals surface area contributed by atoms with Crippen LogP contribution in [0.5, 0.6) is 0 Å². The van der Waals surface area contributed by atoms with E-state index < -0.39 is 0 Å². The van der Waals surface area contributed by atoms with Gasteiger partial charge in [-0.25, -0.2) is 0 Å². The number of hydrogen-bond acceptors (Lipinski definition) is 3. The van der Waals surface area contributed by atoms with Gasteiger partial charge in [-0.15, -0.1) is 0 Å². The Labute approximate surface area is 115 Å². The van der Waals surface area contributed by atoms with Crippen molar-refractivity contribution in [3.63, 3.8) is 0 Å². The minimum Gasteiger partial charge on any atom is -0.339 e. The molecule has 2 saturated heterocycles. The molecule has 2 aliphatic heterocycles. The summed E-state index contributed by atoms with van der Waals surface area (Å²) < 4.78 is 0. The number of likely N-dealkylation sites (N-methyl/N-ethyl adjacent to an activating group) is 1.